The third kappa shape index (κ3) is 2.42. The molecule has 0 saturated heterocycles. The van der Waals surface area contributed by atoms with Crippen LogP contribution >= 0.6 is 0 Å². The van der Waals surface area contributed by atoms with Crippen molar-refractivity contribution in [3.63, 3.8) is 0 Å². The van der Waals surface area contributed by atoms with Crippen molar-refractivity contribution in [1.29, 1.82) is 0 Å². The SMILES string of the molecule is O=S(=O)(NCc1nn[nH]n1)c1ccc2c(c1)CCO2. The van der Waals surface area contributed by atoms with Gasteiger partial charge >= 0.3 is 0 Å². The van der Waals surface area contributed by atoms with Gasteiger partial charge in [-0.3, -0.25) is 0 Å². The van der Waals surface area contributed by atoms with E-state index in [9.17, 15) is 8.42 Å². The highest BCUT2D eigenvalue weighted by Gasteiger charge is 2.19. The van der Waals surface area contributed by atoms with Crippen LogP contribution < -0.4 is 9.46 Å². The molecule has 2 heterocycles. The zero-order valence-corrected chi connectivity index (χ0v) is 10.6. The number of ether oxygens (including phenoxy) is 1. The molecule has 0 bridgehead atoms. The molecule has 2 N–H and O–H groups in total. The molecular weight excluding hydrogens is 270 g/mol. The summed E-state index contributed by atoms with van der Waals surface area (Å²) >= 11 is 0. The van der Waals surface area contributed by atoms with Gasteiger partial charge in [0.2, 0.25) is 10.0 Å². The third-order valence-corrected chi connectivity index (χ3v) is 4.18. The summed E-state index contributed by atoms with van der Waals surface area (Å²) in [5.41, 5.74) is 0.905. The molecule has 19 heavy (non-hydrogen) atoms. The van der Waals surface area contributed by atoms with Crippen LogP contribution in [-0.2, 0) is 23.0 Å². The van der Waals surface area contributed by atoms with Crippen molar-refractivity contribution < 1.29 is 13.2 Å². The molecular formula is C10H11N5O3S. The van der Waals surface area contributed by atoms with Gasteiger partial charge in [-0.1, -0.05) is 5.21 Å². The number of nitrogens with one attached hydrogen (secondary N) is 2. The summed E-state index contributed by atoms with van der Waals surface area (Å²) in [4.78, 5) is 0.209. The molecule has 0 unspecified atom stereocenters. The Labute approximate surface area is 109 Å². The van der Waals surface area contributed by atoms with Crippen LogP contribution in [-0.4, -0.2) is 35.6 Å². The lowest BCUT2D eigenvalue weighted by atomic mass is 10.2. The molecule has 0 spiro atoms. The Balaban J connectivity index is 1.80. The van der Waals surface area contributed by atoms with Crippen molar-refractivity contribution in [2.75, 3.05) is 6.61 Å². The second-order valence-corrected chi connectivity index (χ2v) is 5.79. The van der Waals surface area contributed by atoms with Gasteiger partial charge in [0.05, 0.1) is 18.0 Å². The van der Waals surface area contributed by atoms with E-state index in [-0.39, 0.29) is 17.3 Å². The maximum atomic E-state index is 12.1. The van der Waals surface area contributed by atoms with Crippen LogP contribution in [0.5, 0.6) is 5.75 Å². The van der Waals surface area contributed by atoms with Crippen molar-refractivity contribution in [3.05, 3.63) is 29.6 Å². The lowest BCUT2D eigenvalue weighted by molar-refractivity contribution is 0.356. The quantitative estimate of drug-likeness (QED) is 0.790. The number of benzene rings is 1. The van der Waals surface area contributed by atoms with Gasteiger partial charge in [0, 0.05) is 6.42 Å². The fraction of sp³-hybridized carbons (Fsp3) is 0.300. The van der Waals surface area contributed by atoms with Gasteiger partial charge in [0.15, 0.2) is 5.82 Å². The molecule has 100 valence electrons. The number of nitrogens with zero attached hydrogens (tertiary/aromatic N) is 3. The molecule has 0 atom stereocenters. The minimum atomic E-state index is -3.59. The minimum Gasteiger partial charge on any atom is -0.493 e. The van der Waals surface area contributed by atoms with Crippen molar-refractivity contribution in [1.82, 2.24) is 25.3 Å². The average Bonchev–Trinajstić information content (AvgIpc) is 3.06. The number of tetrazole rings is 1. The van der Waals surface area contributed by atoms with Gasteiger partial charge in [-0.25, -0.2) is 13.1 Å². The predicted octanol–water partition coefficient (Wildman–Crippen LogP) is -0.387. The number of hydrogen-bond acceptors (Lipinski definition) is 6. The molecule has 1 aromatic carbocycles. The summed E-state index contributed by atoms with van der Waals surface area (Å²) in [6.07, 6.45) is 0.726. The number of aromatic nitrogens is 4. The maximum absolute atomic E-state index is 12.1. The first-order valence-corrected chi connectivity index (χ1v) is 7.11. The van der Waals surface area contributed by atoms with E-state index in [1.54, 1.807) is 12.1 Å². The maximum Gasteiger partial charge on any atom is 0.240 e. The van der Waals surface area contributed by atoms with Crippen molar-refractivity contribution in [2.45, 2.75) is 17.9 Å². The zero-order valence-electron chi connectivity index (χ0n) is 9.83. The second-order valence-electron chi connectivity index (χ2n) is 4.02. The zero-order chi connectivity index (χ0) is 13.3. The molecule has 8 nitrogen and oxygen atoms in total. The highest BCUT2D eigenvalue weighted by Crippen LogP contribution is 2.27. The molecule has 2 aromatic rings. The summed E-state index contributed by atoms with van der Waals surface area (Å²) in [6, 6.07) is 4.81. The summed E-state index contributed by atoms with van der Waals surface area (Å²) in [6.45, 7) is 0.585. The van der Waals surface area contributed by atoms with Gasteiger partial charge < -0.3 is 4.74 Å². The molecule has 0 amide bonds. The van der Waals surface area contributed by atoms with Crippen LogP contribution in [0.4, 0.5) is 0 Å². The molecule has 0 fully saturated rings. The Kier molecular flexibility index (Phi) is 2.91. The van der Waals surface area contributed by atoms with Crippen LogP contribution in [0.1, 0.15) is 11.4 Å². The fourth-order valence-electron chi connectivity index (χ4n) is 1.83. The van der Waals surface area contributed by atoms with Crippen LogP contribution in [0.2, 0.25) is 0 Å². The molecule has 1 aromatic heterocycles. The first-order valence-electron chi connectivity index (χ1n) is 5.63. The Bertz CT molecular complexity index is 683. The molecule has 3 rings (SSSR count). The van der Waals surface area contributed by atoms with Crippen LogP contribution in [0.15, 0.2) is 23.1 Å². The number of aromatic amines is 1. The van der Waals surface area contributed by atoms with E-state index in [0.29, 0.717) is 6.61 Å². The normalized spacial score (nSPS) is 14.1. The lowest BCUT2D eigenvalue weighted by Crippen LogP contribution is -2.24. The minimum absolute atomic E-state index is 0.00752. The van der Waals surface area contributed by atoms with Crippen molar-refractivity contribution in [2.24, 2.45) is 0 Å². The second kappa shape index (κ2) is 4.59. The van der Waals surface area contributed by atoms with E-state index in [0.717, 1.165) is 17.7 Å². The number of rotatable bonds is 4. The Morgan fingerprint density at radius 2 is 2.32 bits per heavy atom. The van der Waals surface area contributed by atoms with Crippen LogP contribution in [0.25, 0.3) is 0 Å². The van der Waals surface area contributed by atoms with E-state index in [1.165, 1.54) is 6.07 Å². The Hall–Kier alpha value is -2.00. The van der Waals surface area contributed by atoms with E-state index < -0.39 is 10.0 Å². The van der Waals surface area contributed by atoms with Gasteiger partial charge in [-0.15, -0.1) is 10.2 Å². The van der Waals surface area contributed by atoms with Gasteiger partial charge in [0.25, 0.3) is 0 Å². The molecule has 9 heteroatoms. The van der Waals surface area contributed by atoms with Gasteiger partial charge in [0.1, 0.15) is 5.75 Å². The Morgan fingerprint density at radius 3 is 3.11 bits per heavy atom. The number of fused-ring (bicyclic) bond motifs is 1. The highest BCUT2D eigenvalue weighted by molar-refractivity contribution is 7.89. The number of sulfonamides is 1. The van der Waals surface area contributed by atoms with E-state index >= 15 is 0 Å². The smallest absolute Gasteiger partial charge is 0.240 e. The monoisotopic (exact) mass is 281 g/mol. The first kappa shape index (κ1) is 12.1. The molecule has 0 radical (unpaired) electrons. The average molecular weight is 281 g/mol. The lowest BCUT2D eigenvalue weighted by Gasteiger charge is -2.06. The largest absolute Gasteiger partial charge is 0.493 e. The van der Waals surface area contributed by atoms with Crippen LogP contribution in [0, 0.1) is 0 Å². The summed E-state index contributed by atoms with van der Waals surface area (Å²) < 4.78 is 31.9. The molecule has 1 aliphatic rings. The van der Waals surface area contributed by atoms with E-state index in [1.807, 2.05) is 0 Å². The molecule has 0 aliphatic carbocycles. The topological polar surface area (TPSA) is 110 Å². The summed E-state index contributed by atoms with van der Waals surface area (Å²) in [5, 5.41) is 13.0. The summed E-state index contributed by atoms with van der Waals surface area (Å²) in [7, 11) is -3.59. The molecule has 0 saturated carbocycles. The third-order valence-electron chi connectivity index (χ3n) is 2.78. The molecule has 1 aliphatic heterocycles. The standard InChI is InChI=1S/C10H11N5O3S/c16-19(17,11-6-10-12-14-15-13-10)8-1-2-9-7(5-8)3-4-18-9/h1-2,5,11H,3-4,6H2,(H,12,13,14,15). The van der Waals surface area contributed by atoms with Crippen LogP contribution in [0.3, 0.4) is 0 Å². The predicted molar refractivity (Wildman–Crippen MR) is 63.8 cm³/mol. The van der Waals surface area contributed by atoms with E-state index in [4.69, 9.17) is 4.74 Å². The summed E-state index contributed by atoms with van der Waals surface area (Å²) in [5.74, 6) is 1.03. The first-order chi connectivity index (χ1) is 9.15. The number of hydrogen-bond donors (Lipinski definition) is 2. The highest BCUT2D eigenvalue weighted by atomic mass is 32.2. The number of H-pyrrole nitrogens is 1. The fourth-order valence-corrected chi connectivity index (χ4v) is 2.86. The van der Waals surface area contributed by atoms with Crippen molar-refractivity contribution >= 4 is 10.0 Å². The van der Waals surface area contributed by atoms with Gasteiger partial charge in [-0.05, 0) is 23.8 Å². The van der Waals surface area contributed by atoms with Crippen molar-refractivity contribution in [3.8, 4) is 5.75 Å². The Morgan fingerprint density at radius 1 is 1.42 bits per heavy atom. The van der Waals surface area contributed by atoms with Gasteiger partial charge in [-0.2, -0.15) is 5.21 Å². The van der Waals surface area contributed by atoms with E-state index in [2.05, 4.69) is 25.3 Å².